The van der Waals surface area contributed by atoms with Crippen LogP contribution in [0.5, 0.6) is 5.75 Å². The van der Waals surface area contributed by atoms with Crippen LogP contribution in [0.4, 0.5) is 14.5 Å². The Bertz CT molecular complexity index is 947. The van der Waals surface area contributed by atoms with E-state index in [2.05, 4.69) is 15.5 Å². The highest BCUT2D eigenvalue weighted by atomic mass is 32.2. The summed E-state index contributed by atoms with van der Waals surface area (Å²) in [6, 6.07) is 10.2. The van der Waals surface area contributed by atoms with Gasteiger partial charge in [0, 0.05) is 17.3 Å². The Labute approximate surface area is 157 Å². The van der Waals surface area contributed by atoms with Crippen LogP contribution in [0.15, 0.2) is 52.1 Å². The molecular weight excluding hydrogens is 376 g/mol. The summed E-state index contributed by atoms with van der Waals surface area (Å²) in [5.41, 5.74) is 0.879. The lowest BCUT2D eigenvalue weighted by atomic mass is 10.2. The maximum atomic E-state index is 13.2. The fourth-order valence-corrected chi connectivity index (χ4v) is 2.81. The Kier molecular flexibility index (Phi) is 5.70. The van der Waals surface area contributed by atoms with Gasteiger partial charge < -0.3 is 14.5 Å². The number of nitrogens with one attached hydrogen (secondary N) is 1. The predicted octanol–water partition coefficient (Wildman–Crippen LogP) is 4.14. The standard InChI is InChI=1S/C18H15F2N3O3S/c1-10(16(24)21-12-5-8-14(19)15(20)9-12)27-18-23-22-17(26-18)11-3-6-13(25-2)7-4-11/h3-10H,1-2H3,(H,21,24)/t10-/m0/s1. The van der Waals surface area contributed by atoms with Crippen molar-refractivity contribution >= 4 is 23.4 Å². The summed E-state index contributed by atoms with van der Waals surface area (Å²) in [6.07, 6.45) is 0. The molecule has 2 aromatic carbocycles. The van der Waals surface area contributed by atoms with Crippen LogP contribution < -0.4 is 10.1 Å². The molecule has 0 saturated carbocycles. The van der Waals surface area contributed by atoms with Crippen LogP contribution in [0.25, 0.3) is 11.5 Å². The van der Waals surface area contributed by atoms with Crippen molar-refractivity contribution in [1.82, 2.24) is 10.2 Å². The first-order chi connectivity index (χ1) is 13.0. The number of aromatic nitrogens is 2. The van der Waals surface area contributed by atoms with Crippen LogP contribution in [0.3, 0.4) is 0 Å². The molecule has 0 aliphatic rings. The lowest BCUT2D eigenvalue weighted by Gasteiger charge is -2.10. The number of hydrogen-bond acceptors (Lipinski definition) is 6. The van der Waals surface area contributed by atoms with Gasteiger partial charge in [-0.05, 0) is 43.3 Å². The van der Waals surface area contributed by atoms with Crippen LogP contribution in [0.1, 0.15) is 6.92 Å². The van der Waals surface area contributed by atoms with Crippen molar-refractivity contribution in [3.05, 3.63) is 54.1 Å². The Balaban J connectivity index is 1.63. The van der Waals surface area contributed by atoms with Crippen molar-refractivity contribution in [2.24, 2.45) is 0 Å². The van der Waals surface area contributed by atoms with E-state index in [1.165, 1.54) is 6.07 Å². The number of thioether (sulfide) groups is 1. The minimum Gasteiger partial charge on any atom is -0.497 e. The molecule has 6 nitrogen and oxygen atoms in total. The topological polar surface area (TPSA) is 77.2 Å². The Hall–Kier alpha value is -2.94. The number of anilines is 1. The largest absolute Gasteiger partial charge is 0.497 e. The normalized spacial score (nSPS) is 11.9. The van der Waals surface area contributed by atoms with Gasteiger partial charge in [0.1, 0.15) is 5.75 Å². The van der Waals surface area contributed by atoms with Crippen molar-refractivity contribution in [3.8, 4) is 17.2 Å². The lowest BCUT2D eigenvalue weighted by molar-refractivity contribution is -0.115. The smallest absolute Gasteiger partial charge is 0.277 e. The van der Waals surface area contributed by atoms with Gasteiger partial charge in [0.2, 0.25) is 11.8 Å². The van der Waals surface area contributed by atoms with E-state index < -0.39 is 22.8 Å². The Morgan fingerprint density at radius 2 is 1.89 bits per heavy atom. The average Bonchev–Trinajstić information content (AvgIpc) is 3.13. The van der Waals surface area contributed by atoms with Crippen LogP contribution in [0, 0.1) is 11.6 Å². The molecule has 0 aliphatic heterocycles. The zero-order valence-electron chi connectivity index (χ0n) is 14.4. The molecular formula is C18H15F2N3O3S. The van der Waals surface area contributed by atoms with Gasteiger partial charge in [0.15, 0.2) is 11.6 Å². The molecule has 0 bridgehead atoms. The van der Waals surface area contributed by atoms with Crippen molar-refractivity contribution in [3.63, 3.8) is 0 Å². The van der Waals surface area contributed by atoms with E-state index in [0.29, 0.717) is 17.2 Å². The molecule has 3 rings (SSSR count). The first kappa shape index (κ1) is 18.8. The SMILES string of the molecule is COc1ccc(-c2nnc(S[C@@H](C)C(=O)Nc3ccc(F)c(F)c3)o2)cc1. The van der Waals surface area contributed by atoms with Crippen LogP contribution in [0.2, 0.25) is 0 Å². The summed E-state index contributed by atoms with van der Waals surface area (Å²) in [5.74, 6) is -1.40. The highest BCUT2D eigenvalue weighted by molar-refractivity contribution is 8.00. The maximum absolute atomic E-state index is 13.2. The molecule has 1 amide bonds. The van der Waals surface area contributed by atoms with Gasteiger partial charge in [0.05, 0.1) is 12.4 Å². The van der Waals surface area contributed by atoms with E-state index in [0.717, 1.165) is 23.9 Å². The minimum absolute atomic E-state index is 0.163. The number of nitrogens with zero attached hydrogens (tertiary/aromatic N) is 2. The highest BCUT2D eigenvalue weighted by Gasteiger charge is 2.19. The number of carbonyl (C=O) groups is 1. The molecule has 1 heterocycles. The number of benzene rings is 2. The number of amides is 1. The number of rotatable bonds is 6. The quantitative estimate of drug-likeness (QED) is 0.637. The summed E-state index contributed by atoms with van der Waals surface area (Å²) >= 11 is 1.06. The zero-order chi connectivity index (χ0) is 19.4. The van der Waals surface area contributed by atoms with Crippen LogP contribution >= 0.6 is 11.8 Å². The molecule has 0 aliphatic carbocycles. The number of ether oxygens (including phenoxy) is 1. The average molecular weight is 391 g/mol. The second-order valence-corrected chi connectivity index (χ2v) is 6.77. The number of hydrogen-bond donors (Lipinski definition) is 1. The molecule has 140 valence electrons. The van der Waals surface area contributed by atoms with Crippen molar-refractivity contribution < 1.29 is 22.7 Å². The van der Waals surface area contributed by atoms with E-state index in [4.69, 9.17) is 9.15 Å². The molecule has 0 radical (unpaired) electrons. The fraction of sp³-hybridized carbons (Fsp3) is 0.167. The summed E-state index contributed by atoms with van der Waals surface area (Å²) in [4.78, 5) is 12.2. The monoisotopic (exact) mass is 391 g/mol. The summed E-state index contributed by atoms with van der Waals surface area (Å²) in [6.45, 7) is 1.64. The molecule has 1 N–H and O–H groups in total. The van der Waals surface area contributed by atoms with E-state index in [9.17, 15) is 13.6 Å². The lowest BCUT2D eigenvalue weighted by Crippen LogP contribution is -2.22. The summed E-state index contributed by atoms with van der Waals surface area (Å²) in [7, 11) is 1.57. The summed E-state index contributed by atoms with van der Waals surface area (Å²) < 4.78 is 36.8. The van der Waals surface area contributed by atoms with Crippen molar-refractivity contribution in [1.29, 1.82) is 0 Å². The number of carbonyl (C=O) groups excluding carboxylic acids is 1. The van der Waals surface area contributed by atoms with E-state index >= 15 is 0 Å². The first-order valence-electron chi connectivity index (χ1n) is 7.87. The molecule has 0 unspecified atom stereocenters. The van der Waals surface area contributed by atoms with E-state index in [1.54, 1.807) is 38.3 Å². The van der Waals surface area contributed by atoms with E-state index in [1.807, 2.05) is 0 Å². The Morgan fingerprint density at radius 3 is 2.56 bits per heavy atom. The van der Waals surface area contributed by atoms with Crippen LogP contribution in [-0.4, -0.2) is 28.5 Å². The summed E-state index contributed by atoms with van der Waals surface area (Å²) in [5, 5.41) is 10.0. The predicted molar refractivity (Wildman–Crippen MR) is 96.6 cm³/mol. The van der Waals surface area contributed by atoms with Gasteiger partial charge in [-0.1, -0.05) is 11.8 Å². The van der Waals surface area contributed by atoms with Gasteiger partial charge in [0.25, 0.3) is 5.22 Å². The molecule has 9 heteroatoms. The molecule has 27 heavy (non-hydrogen) atoms. The van der Waals surface area contributed by atoms with Gasteiger partial charge in [-0.25, -0.2) is 8.78 Å². The number of methoxy groups -OCH3 is 1. The molecule has 3 aromatic rings. The van der Waals surface area contributed by atoms with Gasteiger partial charge >= 0.3 is 0 Å². The highest BCUT2D eigenvalue weighted by Crippen LogP contribution is 2.27. The first-order valence-corrected chi connectivity index (χ1v) is 8.74. The molecule has 1 atom stereocenters. The van der Waals surface area contributed by atoms with Gasteiger partial charge in [-0.2, -0.15) is 0 Å². The van der Waals surface area contributed by atoms with Crippen LogP contribution in [-0.2, 0) is 4.79 Å². The van der Waals surface area contributed by atoms with Crippen molar-refractivity contribution in [2.45, 2.75) is 17.4 Å². The second-order valence-electron chi connectivity index (χ2n) is 5.48. The molecule has 0 fully saturated rings. The van der Waals surface area contributed by atoms with Crippen molar-refractivity contribution in [2.75, 3.05) is 12.4 Å². The fourth-order valence-electron chi connectivity index (χ4n) is 2.13. The Morgan fingerprint density at radius 1 is 1.15 bits per heavy atom. The van der Waals surface area contributed by atoms with E-state index in [-0.39, 0.29) is 10.9 Å². The third-order valence-electron chi connectivity index (χ3n) is 3.58. The third kappa shape index (κ3) is 4.62. The molecule has 0 saturated heterocycles. The van der Waals surface area contributed by atoms with Gasteiger partial charge in [-0.3, -0.25) is 4.79 Å². The second kappa shape index (κ2) is 8.17. The van der Waals surface area contributed by atoms with Gasteiger partial charge in [-0.15, -0.1) is 10.2 Å². The zero-order valence-corrected chi connectivity index (χ0v) is 15.2. The third-order valence-corrected chi connectivity index (χ3v) is 4.51. The number of halogens is 2. The molecule has 1 aromatic heterocycles. The maximum Gasteiger partial charge on any atom is 0.277 e. The molecule has 0 spiro atoms. The minimum atomic E-state index is -1.03.